The van der Waals surface area contributed by atoms with Crippen molar-refractivity contribution in [1.82, 2.24) is 5.32 Å². The second-order valence-electron chi connectivity index (χ2n) is 16.5. The van der Waals surface area contributed by atoms with Crippen LogP contribution in [-0.2, 0) is 14.3 Å². The fourth-order valence-electron chi connectivity index (χ4n) is 7.41. The van der Waals surface area contributed by atoms with E-state index in [1.165, 1.54) is 141 Å². The number of hydrogen-bond acceptors (Lipinski definition) is 5. The van der Waals surface area contributed by atoms with Gasteiger partial charge in [0.25, 0.3) is 0 Å². The second kappa shape index (κ2) is 43.5. The van der Waals surface area contributed by atoms with Gasteiger partial charge in [-0.1, -0.05) is 212 Å². The van der Waals surface area contributed by atoms with Gasteiger partial charge in [-0.05, 0) is 51.4 Å². The minimum atomic E-state index is -0.783. The molecule has 3 N–H and O–H groups in total. The summed E-state index contributed by atoms with van der Waals surface area (Å²) in [6.07, 6.45) is 48.1. The van der Waals surface area contributed by atoms with Crippen LogP contribution in [0.4, 0.5) is 0 Å². The molecule has 0 fully saturated rings. The predicted molar refractivity (Wildman–Crippen MR) is 236 cm³/mol. The van der Waals surface area contributed by atoms with Crippen molar-refractivity contribution in [3.05, 3.63) is 24.3 Å². The van der Waals surface area contributed by atoms with E-state index in [0.717, 1.165) is 64.2 Å². The van der Waals surface area contributed by atoms with Gasteiger partial charge in [0.15, 0.2) is 0 Å². The summed E-state index contributed by atoms with van der Waals surface area (Å²) in [5, 5.41) is 23.7. The van der Waals surface area contributed by atoms with Crippen molar-refractivity contribution in [3.8, 4) is 0 Å². The van der Waals surface area contributed by atoms with Gasteiger partial charge in [-0.15, -0.1) is 0 Å². The summed E-state index contributed by atoms with van der Waals surface area (Å²) in [7, 11) is 0. The molecule has 55 heavy (non-hydrogen) atoms. The van der Waals surface area contributed by atoms with Crippen molar-refractivity contribution < 1.29 is 24.5 Å². The zero-order valence-electron chi connectivity index (χ0n) is 36.8. The van der Waals surface area contributed by atoms with Gasteiger partial charge in [-0.2, -0.15) is 0 Å². The lowest BCUT2D eigenvalue weighted by Crippen LogP contribution is -2.46. The molecular formula is C49H93NO5. The lowest BCUT2D eigenvalue weighted by Gasteiger charge is -2.24. The number of ether oxygens (including phenoxy) is 1. The van der Waals surface area contributed by atoms with E-state index in [9.17, 15) is 19.8 Å². The Morgan fingerprint density at radius 3 is 1.47 bits per heavy atom. The Morgan fingerprint density at radius 1 is 0.545 bits per heavy atom. The number of amides is 1. The Labute approximate surface area is 341 Å². The Kier molecular flexibility index (Phi) is 42.2. The third-order valence-corrected chi connectivity index (χ3v) is 11.0. The number of carbonyl (C=O) groups excluding carboxylic acids is 2. The molecule has 0 bridgehead atoms. The van der Waals surface area contributed by atoms with Crippen LogP contribution in [0.15, 0.2) is 24.3 Å². The van der Waals surface area contributed by atoms with Crippen LogP contribution in [0, 0.1) is 0 Å². The number of aliphatic hydroxyl groups excluding tert-OH is 2. The van der Waals surface area contributed by atoms with Crippen LogP contribution in [0.25, 0.3) is 0 Å². The van der Waals surface area contributed by atoms with Crippen LogP contribution in [-0.4, -0.2) is 46.9 Å². The summed E-state index contributed by atoms with van der Waals surface area (Å²) < 4.78 is 5.89. The van der Waals surface area contributed by atoms with Crippen LogP contribution in [0.1, 0.15) is 252 Å². The SMILES string of the molecule is CC/C=C/C/C=C/CCCCCCCCCC(=O)OC(CCCCCCCCCC)CC(=O)NC(CO)C(O)CCCCCCCCCCCCCCCC. The molecule has 0 aromatic heterocycles. The topological polar surface area (TPSA) is 95.9 Å². The van der Waals surface area contributed by atoms with Crippen LogP contribution in [0.5, 0.6) is 0 Å². The summed E-state index contributed by atoms with van der Waals surface area (Å²) in [5.41, 5.74) is 0. The third kappa shape index (κ3) is 39.0. The molecule has 0 heterocycles. The molecule has 0 aliphatic heterocycles. The first kappa shape index (κ1) is 53.3. The highest BCUT2D eigenvalue weighted by Gasteiger charge is 2.24. The Morgan fingerprint density at radius 2 is 0.982 bits per heavy atom. The zero-order valence-corrected chi connectivity index (χ0v) is 36.8. The van der Waals surface area contributed by atoms with Gasteiger partial charge in [-0.3, -0.25) is 9.59 Å². The Bertz CT molecular complexity index is 873. The van der Waals surface area contributed by atoms with Crippen molar-refractivity contribution >= 4 is 11.9 Å². The first-order valence-corrected chi connectivity index (χ1v) is 24.1. The fraction of sp³-hybridized carbons (Fsp3) is 0.878. The van der Waals surface area contributed by atoms with Gasteiger partial charge >= 0.3 is 5.97 Å². The molecule has 0 rings (SSSR count). The number of hydrogen-bond donors (Lipinski definition) is 3. The molecule has 0 spiro atoms. The number of unbranched alkanes of at least 4 members (excludes halogenated alkanes) is 27. The number of carbonyl (C=O) groups is 2. The van der Waals surface area contributed by atoms with E-state index >= 15 is 0 Å². The van der Waals surface area contributed by atoms with Gasteiger partial charge in [-0.25, -0.2) is 0 Å². The van der Waals surface area contributed by atoms with E-state index in [1.807, 2.05) is 0 Å². The van der Waals surface area contributed by atoms with E-state index in [2.05, 4.69) is 50.4 Å². The lowest BCUT2D eigenvalue weighted by atomic mass is 10.0. The molecule has 324 valence electrons. The highest BCUT2D eigenvalue weighted by Crippen LogP contribution is 2.18. The van der Waals surface area contributed by atoms with Crippen molar-refractivity contribution in [2.24, 2.45) is 0 Å². The van der Waals surface area contributed by atoms with Crippen LogP contribution < -0.4 is 5.32 Å². The molecule has 0 aromatic carbocycles. The van der Waals surface area contributed by atoms with Crippen LogP contribution in [0.2, 0.25) is 0 Å². The highest BCUT2D eigenvalue weighted by molar-refractivity contribution is 5.77. The molecule has 6 heteroatoms. The maximum absolute atomic E-state index is 13.1. The van der Waals surface area contributed by atoms with E-state index in [4.69, 9.17) is 4.74 Å². The van der Waals surface area contributed by atoms with Crippen molar-refractivity contribution in [3.63, 3.8) is 0 Å². The number of esters is 1. The first-order valence-electron chi connectivity index (χ1n) is 24.1. The van der Waals surface area contributed by atoms with Gasteiger partial charge in [0.05, 0.1) is 25.2 Å². The Hall–Kier alpha value is -1.66. The maximum atomic E-state index is 13.1. The molecule has 3 unspecified atom stereocenters. The highest BCUT2D eigenvalue weighted by atomic mass is 16.5. The third-order valence-electron chi connectivity index (χ3n) is 11.0. The number of aliphatic hydroxyl groups is 2. The standard InChI is InChI=1S/C49H93NO5/c1-4-7-10-13-16-19-21-23-25-27-29-32-35-38-41-47(52)46(44-51)50-48(53)43-45(40-37-34-31-18-15-12-9-6-3)55-49(54)42-39-36-33-30-28-26-24-22-20-17-14-11-8-5-2/h8,11,17,20,45-47,51-52H,4-7,9-10,12-16,18-19,21-44H2,1-3H3,(H,50,53)/b11-8+,20-17+. The van der Waals surface area contributed by atoms with Crippen molar-refractivity contribution in [2.45, 2.75) is 270 Å². The zero-order chi connectivity index (χ0) is 40.3. The number of nitrogens with one attached hydrogen (secondary N) is 1. The minimum absolute atomic E-state index is 0.0783. The summed E-state index contributed by atoms with van der Waals surface area (Å²) in [4.78, 5) is 26.0. The molecular weight excluding hydrogens is 683 g/mol. The van der Waals surface area contributed by atoms with E-state index in [1.54, 1.807) is 0 Å². The summed E-state index contributed by atoms with van der Waals surface area (Å²) in [6.45, 7) is 6.36. The molecule has 3 atom stereocenters. The molecule has 0 aliphatic rings. The van der Waals surface area contributed by atoms with Gasteiger partial charge < -0.3 is 20.3 Å². The minimum Gasteiger partial charge on any atom is -0.462 e. The lowest BCUT2D eigenvalue weighted by molar-refractivity contribution is -0.151. The molecule has 0 radical (unpaired) electrons. The quantitative estimate of drug-likeness (QED) is 0.0326. The van der Waals surface area contributed by atoms with Crippen molar-refractivity contribution in [2.75, 3.05) is 6.61 Å². The monoisotopic (exact) mass is 776 g/mol. The summed E-state index contributed by atoms with van der Waals surface area (Å²) in [5.74, 6) is -0.477. The fourth-order valence-corrected chi connectivity index (χ4v) is 7.41. The number of rotatable bonds is 43. The average molecular weight is 776 g/mol. The molecule has 0 aliphatic carbocycles. The van der Waals surface area contributed by atoms with E-state index in [0.29, 0.717) is 19.3 Å². The largest absolute Gasteiger partial charge is 0.462 e. The second-order valence-corrected chi connectivity index (χ2v) is 16.5. The number of allylic oxidation sites excluding steroid dienone is 4. The van der Waals surface area contributed by atoms with Gasteiger partial charge in [0.2, 0.25) is 5.91 Å². The normalized spacial score (nSPS) is 13.5. The van der Waals surface area contributed by atoms with E-state index in [-0.39, 0.29) is 24.9 Å². The van der Waals surface area contributed by atoms with Gasteiger partial charge in [0.1, 0.15) is 6.10 Å². The van der Waals surface area contributed by atoms with E-state index < -0.39 is 18.2 Å². The van der Waals surface area contributed by atoms with Crippen molar-refractivity contribution in [1.29, 1.82) is 0 Å². The molecule has 0 aromatic rings. The molecule has 1 amide bonds. The maximum Gasteiger partial charge on any atom is 0.306 e. The molecule has 0 saturated heterocycles. The first-order chi connectivity index (χ1) is 27.0. The smallest absolute Gasteiger partial charge is 0.306 e. The van der Waals surface area contributed by atoms with Crippen LogP contribution in [0.3, 0.4) is 0 Å². The predicted octanol–water partition coefficient (Wildman–Crippen LogP) is 14.0. The van der Waals surface area contributed by atoms with Crippen LogP contribution >= 0.6 is 0 Å². The molecule has 6 nitrogen and oxygen atoms in total. The summed E-state index contributed by atoms with van der Waals surface area (Å²) >= 11 is 0. The summed E-state index contributed by atoms with van der Waals surface area (Å²) in [6, 6.07) is -0.696. The van der Waals surface area contributed by atoms with Gasteiger partial charge in [0, 0.05) is 6.42 Å². The average Bonchev–Trinajstić information content (AvgIpc) is 3.18. The Balaban J connectivity index is 4.43. The molecule has 0 saturated carbocycles.